The predicted octanol–water partition coefficient (Wildman–Crippen LogP) is 5.08. The minimum Gasteiger partial charge on any atom is -0.339 e. The number of carbonyl (C=O) groups is 1. The van der Waals surface area contributed by atoms with Gasteiger partial charge in [-0.05, 0) is 37.0 Å². The number of rotatable bonds is 4. The molecule has 1 aliphatic carbocycles. The molecule has 0 unspecified atom stereocenters. The monoisotopic (exact) mass is 407 g/mol. The van der Waals surface area contributed by atoms with Gasteiger partial charge in [0.1, 0.15) is 15.8 Å². The lowest BCUT2D eigenvalue weighted by Crippen LogP contribution is -2.38. The summed E-state index contributed by atoms with van der Waals surface area (Å²) in [7, 11) is 0. The van der Waals surface area contributed by atoms with Crippen LogP contribution in [0.15, 0.2) is 18.2 Å². The molecule has 4 rings (SSSR count). The van der Waals surface area contributed by atoms with Gasteiger partial charge in [0.25, 0.3) is 5.91 Å². The van der Waals surface area contributed by atoms with Gasteiger partial charge in [0.2, 0.25) is 0 Å². The maximum Gasteiger partial charge on any atom is 0.255 e. The van der Waals surface area contributed by atoms with Crippen LogP contribution < -0.4 is 0 Å². The molecule has 0 radical (unpaired) electrons. The van der Waals surface area contributed by atoms with E-state index in [0.29, 0.717) is 24.6 Å². The minimum absolute atomic E-state index is 0.127. The number of likely N-dealkylation sites (tertiary alicyclic amines) is 1. The summed E-state index contributed by atoms with van der Waals surface area (Å²) >= 11 is 7.78. The number of nitrogens with zero attached hydrogens (tertiary/aromatic N) is 3. The van der Waals surface area contributed by atoms with Gasteiger partial charge in [-0.15, -0.1) is 21.5 Å². The van der Waals surface area contributed by atoms with Gasteiger partial charge < -0.3 is 4.90 Å². The highest BCUT2D eigenvalue weighted by atomic mass is 35.5. The smallest absolute Gasteiger partial charge is 0.255 e. The number of benzene rings is 1. The zero-order valence-corrected chi connectivity index (χ0v) is 16.7. The summed E-state index contributed by atoms with van der Waals surface area (Å²) in [5, 5.41) is 11.3. The van der Waals surface area contributed by atoms with E-state index < -0.39 is 5.82 Å². The molecule has 1 saturated heterocycles. The van der Waals surface area contributed by atoms with Crippen LogP contribution >= 0.6 is 22.9 Å². The van der Waals surface area contributed by atoms with Crippen LogP contribution in [-0.2, 0) is 6.42 Å². The van der Waals surface area contributed by atoms with Crippen LogP contribution in [-0.4, -0.2) is 34.1 Å². The van der Waals surface area contributed by atoms with E-state index >= 15 is 0 Å². The third-order valence-electron chi connectivity index (χ3n) is 5.71. The Kier molecular flexibility index (Phi) is 5.74. The highest BCUT2D eigenvalue weighted by Gasteiger charge is 2.28. The van der Waals surface area contributed by atoms with E-state index in [4.69, 9.17) is 11.6 Å². The molecule has 1 saturated carbocycles. The lowest BCUT2D eigenvalue weighted by Gasteiger charge is -2.31. The molecule has 2 fully saturated rings. The Bertz CT molecular complexity index is 813. The van der Waals surface area contributed by atoms with Crippen LogP contribution in [0.5, 0.6) is 0 Å². The topological polar surface area (TPSA) is 46.1 Å². The molecule has 1 aromatic heterocycles. The fourth-order valence-corrected chi connectivity index (χ4v) is 5.51. The molecule has 0 N–H and O–H groups in total. The van der Waals surface area contributed by atoms with E-state index in [2.05, 4.69) is 10.2 Å². The number of aromatic nitrogens is 2. The second-order valence-electron chi connectivity index (χ2n) is 7.58. The summed E-state index contributed by atoms with van der Waals surface area (Å²) in [5.41, 5.74) is 0.367. The zero-order valence-electron chi connectivity index (χ0n) is 15.2. The molecular formula is C20H23ClFN3OS. The second kappa shape index (κ2) is 8.23. The number of carbonyl (C=O) groups excluding carboxylic acids is 1. The van der Waals surface area contributed by atoms with Gasteiger partial charge >= 0.3 is 0 Å². The van der Waals surface area contributed by atoms with Crippen molar-refractivity contribution in [1.29, 1.82) is 0 Å². The van der Waals surface area contributed by atoms with E-state index in [-0.39, 0.29) is 10.9 Å². The highest BCUT2D eigenvalue weighted by molar-refractivity contribution is 7.11. The Morgan fingerprint density at radius 1 is 1.19 bits per heavy atom. The van der Waals surface area contributed by atoms with Crippen molar-refractivity contribution in [3.05, 3.63) is 44.6 Å². The Balaban J connectivity index is 1.34. The number of hydrogen-bond acceptors (Lipinski definition) is 4. The largest absolute Gasteiger partial charge is 0.339 e. The molecule has 0 spiro atoms. The van der Waals surface area contributed by atoms with Crippen molar-refractivity contribution in [2.75, 3.05) is 13.1 Å². The van der Waals surface area contributed by atoms with Crippen LogP contribution in [0, 0.1) is 11.7 Å². The molecule has 2 heterocycles. The predicted molar refractivity (Wildman–Crippen MR) is 105 cm³/mol. The average Bonchev–Trinajstić information content (AvgIpc) is 3.34. The molecule has 2 aliphatic rings. The Hall–Kier alpha value is -1.53. The SMILES string of the molecule is O=C(c1ccc(F)cc1Cl)N1CCC(c2nnc(CC3CCCC3)s2)CC1. The van der Waals surface area contributed by atoms with Crippen molar-refractivity contribution in [2.24, 2.45) is 5.92 Å². The summed E-state index contributed by atoms with van der Waals surface area (Å²) in [6.45, 7) is 1.32. The van der Waals surface area contributed by atoms with Gasteiger partial charge in [0.05, 0.1) is 10.6 Å². The van der Waals surface area contributed by atoms with Gasteiger partial charge in [-0.3, -0.25) is 4.79 Å². The molecule has 1 aromatic carbocycles. The van der Waals surface area contributed by atoms with Crippen LogP contribution in [0.1, 0.15) is 64.8 Å². The van der Waals surface area contributed by atoms with Crippen molar-refractivity contribution in [2.45, 2.75) is 50.9 Å². The van der Waals surface area contributed by atoms with E-state index in [9.17, 15) is 9.18 Å². The molecule has 4 nitrogen and oxygen atoms in total. The highest BCUT2D eigenvalue weighted by Crippen LogP contribution is 2.34. The van der Waals surface area contributed by atoms with Crippen molar-refractivity contribution in [1.82, 2.24) is 15.1 Å². The molecule has 1 amide bonds. The van der Waals surface area contributed by atoms with Crippen molar-refractivity contribution in [3.63, 3.8) is 0 Å². The summed E-state index contributed by atoms with van der Waals surface area (Å²) < 4.78 is 13.2. The Morgan fingerprint density at radius 3 is 2.63 bits per heavy atom. The molecule has 7 heteroatoms. The summed E-state index contributed by atoms with van der Waals surface area (Å²) in [6.07, 6.45) is 8.16. The van der Waals surface area contributed by atoms with Crippen molar-refractivity contribution in [3.8, 4) is 0 Å². The molecular weight excluding hydrogens is 385 g/mol. The van der Waals surface area contributed by atoms with Gasteiger partial charge in [-0.2, -0.15) is 0 Å². The number of halogens is 2. The normalized spacial score (nSPS) is 19.0. The fraction of sp³-hybridized carbons (Fsp3) is 0.550. The van der Waals surface area contributed by atoms with Gasteiger partial charge in [0, 0.05) is 25.4 Å². The first-order chi connectivity index (χ1) is 13.1. The zero-order chi connectivity index (χ0) is 18.8. The molecule has 1 aliphatic heterocycles. The molecule has 0 atom stereocenters. The summed E-state index contributed by atoms with van der Waals surface area (Å²) in [4.78, 5) is 14.5. The molecule has 144 valence electrons. The van der Waals surface area contributed by atoms with E-state index in [1.807, 2.05) is 0 Å². The number of piperidine rings is 1. The second-order valence-corrected chi connectivity index (χ2v) is 9.08. The van der Waals surface area contributed by atoms with Crippen molar-refractivity contribution >= 4 is 28.8 Å². The Labute approximate surface area is 167 Å². The lowest BCUT2D eigenvalue weighted by molar-refractivity contribution is 0.0713. The van der Waals surface area contributed by atoms with Crippen LogP contribution in [0.25, 0.3) is 0 Å². The third kappa shape index (κ3) is 4.32. The quantitative estimate of drug-likeness (QED) is 0.709. The third-order valence-corrected chi connectivity index (χ3v) is 7.13. The number of amides is 1. The fourth-order valence-electron chi connectivity index (χ4n) is 4.14. The van der Waals surface area contributed by atoms with Gasteiger partial charge in [-0.1, -0.05) is 37.3 Å². The van der Waals surface area contributed by atoms with Crippen LogP contribution in [0.3, 0.4) is 0 Å². The lowest BCUT2D eigenvalue weighted by atomic mass is 9.97. The van der Waals surface area contributed by atoms with E-state index in [1.165, 1.54) is 43.9 Å². The first kappa shape index (κ1) is 18.8. The summed E-state index contributed by atoms with van der Waals surface area (Å²) in [5.74, 6) is 0.593. The number of hydrogen-bond donors (Lipinski definition) is 0. The van der Waals surface area contributed by atoms with Gasteiger partial charge in [0.15, 0.2) is 0 Å². The first-order valence-corrected chi connectivity index (χ1v) is 10.9. The van der Waals surface area contributed by atoms with Crippen molar-refractivity contribution < 1.29 is 9.18 Å². The van der Waals surface area contributed by atoms with E-state index in [1.54, 1.807) is 16.2 Å². The maximum absolute atomic E-state index is 13.2. The maximum atomic E-state index is 13.2. The first-order valence-electron chi connectivity index (χ1n) is 9.67. The Morgan fingerprint density at radius 2 is 1.93 bits per heavy atom. The summed E-state index contributed by atoms with van der Waals surface area (Å²) in [6, 6.07) is 3.93. The minimum atomic E-state index is -0.431. The molecule has 0 bridgehead atoms. The van der Waals surface area contributed by atoms with Gasteiger partial charge in [-0.25, -0.2) is 4.39 Å². The van der Waals surface area contributed by atoms with Crippen LogP contribution in [0.2, 0.25) is 5.02 Å². The standard InChI is InChI=1S/C20H23ClFN3OS/c21-17-12-15(22)5-6-16(17)20(26)25-9-7-14(8-10-25)19-24-23-18(27-19)11-13-3-1-2-4-13/h5-6,12-14H,1-4,7-11H2. The molecule has 2 aromatic rings. The van der Waals surface area contributed by atoms with E-state index in [0.717, 1.165) is 35.2 Å². The van der Waals surface area contributed by atoms with Crippen LogP contribution in [0.4, 0.5) is 4.39 Å². The average molecular weight is 408 g/mol. The molecule has 27 heavy (non-hydrogen) atoms.